The Hall–Kier alpha value is -2.37. The molecule has 0 N–H and O–H groups in total. The van der Waals surface area contributed by atoms with E-state index in [0.717, 1.165) is 32.6 Å². The molecule has 23 heavy (non-hydrogen) atoms. The van der Waals surface area contributed by atoms with Crippen molar-refractivity contribution >= 4 is 23.3 Å². The molecule has 0 aliphatic carbocycles. The van der Waals surface area contributed by atoms with Crippen LogP contribution in [0.2, 0.25) is 0 Å². The molecule has 0 bridgehead atoms. The molecule has 0 aromatic heterocycles. The molecule has 1 atom stereocenters. The minimum atomic E-state index is -2.75. The van der Waals surface area contributed by atoms with Crippen LogP contribution in [0, 0.1) is 0 Å². The number of hydrogen-bond acceptors (Lipinski definition) is 1. The number of fused-ring (bicyclic) bond motifs is 1. The largest absolute Gasteiger partial charge is 0.309 e. The van der Waals surface area contributed by atoms with Gasteiger partial charge in [0.25, 0.3) is 0 Å². The lowest BCUT2D eigenvalue weighted by Gasteiger charge is -2.16. The maximum atomic E-state index is 14.1. The lowest BCUT2D eigenvalue weighted by atomic mass is 9.98. The van der Waals surface area contributed by atoms with Crippen molar-refractivity contribution < 1.29 is 4.57 Å². The molecule has 1 unspecified atom stereocenters. The Balaban J connectivity index is 2.06. The van der Waals surface area contributed by atoms with Gasteiger partial charge in [0.1, 0.15) is 0 Å². The molecule has 3 aromatic rings. The Labute approximate surface area is 136 Å². The van der Waals surface area contributed by atoms with Gasteiger partial charge in [0, 0.05) is 15.9 Å². The minimum Gasteiger partial charge on any atom is -0.309 e. The average Bonchev–Trinajstić information content (AvgIpc) is 2.86. The highest BCUT2D eigenvalue weighted by Gasteiger charge is 2.39. The Morgan fingerprint density at radius 2 is 1.26 bits per heavy atom. The molecular formula is C21H17OP. The first-order chi connectivity index (χ1) is 11.2. The van der Waals surface area contributed by atoms with Gasteiger partial charge in [-0.2, -0.15) is 0 Å². The second kappa shape index (κ2) is 5.37. The molecule has 4 rings (SSSR count). The number of allylic oxidation sites excluding steroid dienone is 1. The van der Waals surface area contributed by atoms with Crippen LogP contribution in [-0.4, -0.2) is 0 Å². The van der Waals surface area contributed by atoms with Crippen molar-refractivity contribution in [2.45, 2.75) is 6.92 Å². The fraction of sp³-hybridized carbons (Fsp3) is 0.0476. The van der Waals surface area contributed by atoms with E-state index in [1.165, 1.54) is 0 Å². The zero-order chi connectivity index (χ0) is 15.9. The monoisotopic (exact) mass is 316 g/mol. The third-order valence-electron chi connectivity index (χ3n) is 4.53. The smallest absolute Gasteiger partial charge is 0.168 e. The summed E-state index contributed by atoms with van der Waals surface area (Å²) in [5.74, 6) is 0. The van der Waals surface area contributed by atoms with Gasteiger partial charge in [-0.1, -0.05) is 84.9 Å². The zero-order valence-electron chi connectivity index (χ0n) is 12.9. The van der Waals surface area contributed by atoms with E-state index in [1.54, 1.807) is 0 Å². The molecule has 0 saturated heterocycles. The van der Waals surface area contributed by atoms with Gasteiger partial charge < -0.3 is 4.57 Å². The fourth-order valence-electron chi connectivity index (χ4n) is 3.43. The Bertz CT molecular complexity index is 940. The fourth-order valence-corrected chi connectivity index (χ4v) is 6.44. The van der Waals surface area contributed by atoms with Crippen LogP contribution in [0.25, 0.3) is 5.57 Å². The second-order valence-electron chi connectivity index (χ2n) is 5.79. The van der Waals surface area contributed by atoms with Crippen molar-refractivity contribution in [3.8, 4) is 0 Å². The van der Waals surface area contributed by atoms with Gasteiger partial charge in [-0.3, -0.25) is 0 Å². The number of rotatable bonds is 2. The average molecular weight is 316 g/mol. The van der Waals surface area contributed by atoms with Crippen LogP contribution in [0.1, 0.15) is 18.1 Å². The van der Waals surface area contributed by atoms with Crippen molar-refractivity contribution in [2.75, 3.05) is 0 Å². The van der Waals surface area contributed by atoms with Crippen molar-refractivity contribution in [1.29, 1.82) is 0 Å². The first-order valence-electron chi connectivity index (χ1n) is 7.75. The molecule has 0 radical (unpaired) electrons. The molecule has 0 spiro atoms. The van der Waals surface area contributed by atoms with E-state index in [0.29, 0.717) is 0 Å². The van der Waals surface area contributed by atoms with E-state index in [-0.39, 0.29) is 0 Å². The van der Waals surface area contributed by atoms with Gasteiger partial charge in [-0.15, -0.1) is 0 Å². The minimum absolute atomic E-state index is 0.913. The molecule has 0 saturated carbocycles. The predicted molar refractivity (Wildman–Crippen MR) is 97.9 cm³/mol. The summed E-state index contributed by atoms with van der Waals surface area (Å²) < 4.78 is 14.1. The van der Waals surface area contributed by atoms with E-state index in [2.05, 4.69) is 18.2 Å². The van der Waals surface area contributed by atoms with Crippen molar-refractivity contribution in [1.82, 2.24) is 0 Å². The molecule has 112 valence electrons. The van der Waals surface area contributed by atoms with Crippen LogP contribution >= 0.6 is 7.14 Å². The zero-order valence-corrected chi connectivity index (χ0v) is 13.8. The van der Waals surface area contributed by atoms with E-state index < -0.39 is 7.14 Å². The molecule has 1 aliphatic heterocycles. The third kappa shape index (κ3) is 2.04. The van der Waals surface area contributed by atoms with Crippen LogP contribution in [-0.2, 0) is 4.57 Å². The molecule has 3 aromatic carbocycles. The Morgan fingerprint density at radius 1 is 0.696 bits per heavy atom. The molecule has 2 heteroatoms. The molecule has 1 nitrogen and oxygen atoms in total. The van der Waals surface area contributed by atoms with Crippen LogP contribution in [0.3, 0.4) is 0 Å². The van der Waals surface area contributed by atoms with Crippen LogP contribution in [0.5, 0.6) is 0 Å². The van der Waals surface area contributed by atoms with Gasteiger partial charge in [0.05, 0.1) is 0 Å². The van der Waals surface area contributed by atoms with Gasteiger partial charge in [0.15, 0.2) is 7.14 Å². The first-order valence-corrected chi connectivity index (χ1v) is 9.46. The van der Waals surface area contributed by atoms with Crippen LogP contribution < -0.4 is 10.6 Å². The lowest BCUT2D eigenvalue weighted by molar-refractivity contribution is 0.591. The highest BCUT2D eigenvalue weighted by atomic mass is 31.2. The molecule has 1 heterocycles. The van der Waals surface area contributed by atoms with Crippen LogP contribution in [0.4, 0.5) is 0 Å². The lowest BCUT2D eigenvalue weighted by Crippen LogP contribution is -2.14. The first kappa shape index (κ1) is 14.2. The summed E-state index contributed by atoms with van der Waals surface area (Å²) in [5.41, 5.74) is 3.35. The Morgan fingerprint density at radius 3 is 1.96 bits per heavy atom. The van der Waals surface area contributed by atoms with Gasteiger partial charge in [0.2, 0.25) is 0 Å². The SMILES string of the molecule is CC1=C(c2ccccc2)c2ccccc2P1(=O)c1ccccc1. The quantitative estimate of drug-likeness (QED) is 0.621. The second-order valence-corrected chi connectivity index (χ2v) is 8.68. The summed E-state index contributed by atoms with van der Waals surface area (Å²) in [4.78, 5) is 0. The van der Waals surface area contributed by atoms with E-state index >= 15 is 0 Å². The van der Waals surface area contributed by atoms with Crippen molar-refractivity contribution in [3.63, 3.8) is 0 Å². The van der Waals surface area contributed by atoms with Crippen molar-refractivity contribution in [2.24, 2.45) is 0 Å². The maximum Gasteiger partial charge on any atom is 0.168 e. The predicted octanol–water partition coefficient (Wildman–Crippen LogP) is 4.79. The standard InChI is InChI=1S/C21H17OP/c1-16-21(17-10-4-2-5-11-17)19-14-8-9-15-20(19)23(16,22)18-12-6-3-7-13-18/h2-15H,1H3. The molecule has 0 fully saturated rings. The van der Waals surface area contributed by atoms with E-state index in [1.807, 2.05) is 73.7 Å². The van der Waals surface area contributed by atoms with Crippen molar-refractivity contribution in [3.05, 3.63) is 101 Å². The number of hydrogen-bond donors (Lipinski definition) is 0. The molecule has 0 amide bonds. The van der Waals surface area contributed by atoms with E-state index in [4.69, 9.17) is 0 Å². The summed E-state index contributed by atoms with van der Waals surface area (Å²) in [6.45, 7) is 2.02. The van der Waals surface area contributed by atoms with Gasteiger partial charge in [-0.05, 0) is 23.6 Å². The topological polar surface area (TPSA) is 17.1 Å². The highest BCUT2D eigenvalue weighted by Crippen LogP contribution is 2.60. The summed E-state index contributed by atoms with van der Waals surface area (Å²) in [7, 11) is -2.75. The summed E-state index contributed by atoms with van der Waals surface area (Å²) in [6.07, 6.45) is 0. The molecule has 1 aliphatic rings. The van der Waals surface area contributed by atoms with Gasteiger partial charge >= 0.3 is 0 Å². The number of benzene rings is 3. The maximum absolute atomic E-state index is 14.1. The normalized spacial score (nSPS) is 19.7. The van der Waals surface area contributed by atoms with Gasteiger partial charge in [-0.25, -0.2) is 0 Å². The molecular weight excluding hydrogens is 299 g/mol. The van der Waals surface area contributed by atoms with E-state index in [9.17, 15) is 4.57 Å². The Kier molecular flexibility index (Phi) is 3.32. The highest BCUT2D eigenvalue weighted by molar-refractivity contribution is 7.83. The third-order valence-corrected chi connectivity index (χ3v) is 7.79. The van der Waals surface area contributed by atoms with Crippen LogP contribution in [0.15, 0.2) is 90.2 Å². The summed E-state index contributed by atoms with van der Waals surface area (Å²) >= 11 is 0. The summed E-state index contributed by atoms with van der Waals surface area (Å²) in [5, 5.41) is 2.86. The summed E-state index contributed by atoms with van der Waals surface area (Å²) in [6, 6.07) is 28.2.